The van der Waals surface area contributed by atoms with Crippen molar-refractivity contribution in [3.05, 3.63) is 59.8 Å². The van der Waals surface area contributed by atoms with Gasteiger partial charge in [0.15, 0.2) is 0 Å². The number of H-pyrrole nitrogens is 1. The summed E-state index contributed by atoms with van der Waals surface area (Å²) in [7, 11) is 4.07. The first-order chi connectivity index (χ1) is 10.7. The topological polar surface area (TPSA) is 58.0 Å². The van der Waals surface area contributed by atoms with E-state index in [1.165, 1.54) is 11.3 Å². The summed E-state index contributed by atoms with van der Waals surface area (Å²) in [5, 5.41) is 7.98. The van der Waals surface area contributed by atoms with E-state index in [2.05, 4.69) is 44.3 Å². The number of aromatic amines is 1. The van der Waals surface area contributed by atoms with Crippen molar-refractivity contribution >= 4 is 17.4 Å². The maximum Gasteiger partial charge on any atom is 0.208 e. The molecule has 1 N–H and O–H groups in total. The summed E-state index contributed by atoms with van der Waals surface area (Å²) >= 11 is 1.56. The molecule has 0 spiro atoms. The van der Waals surface area contributed by atoms with Crippen LogP contribution in [0.2, 0.25) is 0 Å². The first-order valence-electron chi connectivity index (χ1n) is 7.03. The van der Waals surface area contributed by atoms with Gasteiger partial charge in [-0.05, 0) is 29.8 Å². The van der Waals surface area contributed by atoms with Gasteiger partial charge >= 0.3 is 0 Å². The fraction of sp³-hybridized carbons (Fsp3) is 0.250. The average Bonchev–Trinajstić information content (AvgIpc) is 3.17. The zero-order chi connectivity index (χ0) is 15.4. The van der Waals surface area contributed by atoms with Crippen LogP contribution in [0, 0.1) is 0 Å². The van der Waals surface area contributed by atoms with Crippen LogP contribution in [0.25, 0.3) is 0 Å². The van der Waals surface area contributed by atoms with Gasteiger partial charge in [-0.2, -0.15) is 0 Å². The van der Waals surface area contributed by atoms with Gasteiger partial charge in [-0.1, -0.05) is 23.9 Å². The molecule has 5 nitrogen and oxygen atoms in total. The molecular formula is C16H18N4OS. The van der Waals surface area contributed by atoms with Crippen molar-refractivity contribution in [1.29, 1.82) is 0 Å². The highest BCUT2D eigenvalue weighted by molar-refractivity contribution is 7.98. The number of hydrogen-bond donors (Lipinski definition) is 1. The molecule has 3 rings (SSSR count). The number of rotatable bonds is 6. The van der Waals surface area contributed by atoms with Crippen LogP contribution >= 0.6 is 11.8 Å². The molecule has 2 heterocycles. The molecule has 114 valence electrons. The summed E-state index contributed by atoms with van der Waals surface area (Å²) in [5.74, 6) is 2.54. The second-order valence-electron chi connectivity index (χ2n) is 5.17. The van der Waals surface area contributed by atoms with E-state index in [1.807, 2.05) is 26.2 Å². The Labute approximate surface area is 133 Å². The lowest BCUT2D eigenvalue weighted by atomic mass is 10.1. The Morgan fingerprint density at radius 3 is 2.68 bits per heavy atom. The van der Waals surface area contributed by atoms with Gasteiger partial charge in [0, 0.05) is 26.2 Å². The van der Waals surface area contributed by atoms with Crippen molar-refractivity contribution in [3.8, 4) is 0 Å². The minimum Gasteiger partial charge on any atom is -0.468 e. The molecule has 0 aliphatic carbocycles. The number of nitrogens with zero attached hydrogens (tertiary/aromatic N) is 3. The third-order valence-electron chi connectivity index (χ3n) is 3.26. The van der Waals surface area contributed by atoms with Gasteiger partial charge in [-0.15, -0.1) is 5.10 Å². The Morgan fingerprint density at radius 2 is 2.00 bits per heavy atom. The second-order valence-corrected chi connectivity index (χ2v) is 6.11. The molecule has 1 aromatic carbocycles. The summed E-state index contributed by atoms with van der Waals surface area (Å²) < 4.78 is 5.30. The summed E-state index contributed by atoms with van der Waals surface area (Å²) in [4.78, 5) is 6.59. The number of aromatic nitrogens is 3. The molecule has 0 bridgehead atoms. The first kappa shape index (κ1) is 14.7. The van der Waals surface area contributed by atoms with Crippen LogP contribution in [0.3, 0.4) is 0 Å². The molecule has 0 aliphatic rings. The van der Waals surface area contributed by atoms with Crippen molar-refractivity contribution in [3.63, 3.8) is 0 Å². The standard InChI is InChI=1S/C16H18N4OS/c1-20(2)13-7-5-12(6-8-13)10-15-17-16(19-18-15)22-11-14-4-3-9-21-14/h3-9H,10-11H2,1-2H3,(H,17,18,19). The molecule has 0 saturated carbocycles. The monoisotopic (exact) mass is 314 g/mol. The number of benzene rings is 1. The third kappa shape index (κ3) is 3.71. The van der Waals surface area contributed by atoms with Crippen LogP contribution in [-0.2, 0) is 12.2 Å². The van der Waals surface area contributed by atoms with Gasteiger partial charge < -0.3 is 9.32 Å². The Kier molecular flexibility index (Phi) is 4.48. The molecule has 0 fully saturated rings. The Balaban J connectivity index is 1.59. The van der Waals surface area contributed by atoms with Gasteiger partial charge in [-0.3, -0.25) is 5.10 Å². The quantitative estimate of drug-likeness (QED) is 0.707. The molecule has 3 aromatic rings. The molecule has 0 unspecified atom stereocenters. The van der Waals surface area contributed by atoms with E-state index >= 15 is 0 Å². The molecule has 0 atom stereocenters. The maximum atomic E-state index is 5.30. The Morgan fingerprint density at radius 1 is 1.18 bits per heavy atom. The van der Waals surface area contributed by atoms with Crippen molar-refractivity contribution in [1.82, 2.24) is 15.2 Å². The second kappa shape index (κ2) is 6.70. The molecule has 0 amide bonds. The van der Waals surface area contributed by atoms with Crippen LogP contribution in [0.1, 0.15) is 17.1 Å². The highest BCUT2D eigenvalue weighted by Crippen LogP contribution is 2.20. The number of thioether (sulfide) groups is 1. The minimum absolute atomic E-state index is 0.738. The zero-order valence-corrected chi connectivity index (χ0v) is 13.4. The summed E-state index contributed by atoms with van der Waals surface area (Å²) in [5.41, 5.74) is 2.40. The average molecular weight is 314 g/mol. The lowest BCUT2D eigenvalue weighted by molar-refractivity contribution is 0.530. The lowest BCUT2D eigenvalue weighted by Crippen LogP contribution is -2.08. The predicted molar refractivity (Wildman–Crippen MR) is 88.2 cm³/mol. The molecule has 2 aromatic heterocycles. The van der Waals surface area contributed by atoms with E-state index in [1.54, 1.807) is 18.0 Å². The van der Waals surface area contributed by atoms with Crippen LogP contribution < -0.4 is 4.90 Å². The van der Waals surface area contributed by atoms with E-state index < -0.39 is 0 Å². The fourth-order valence-electron chi connectivity index (χ4n) is 2.06. The normalized spacial score (nSPS) is 10.8. The largest absolute Gasteiger partial charge is 0.468 e. The predicted octanol–water partition coefficient (Wildman–Crippen LogP) is 3.35. The Bertz CT molecular complexity index is 704. The van der Waals surface area contributed by atoms with Gasteiger partial charge in [0.05, 0.1) is 12.0 Å². The minimum atomic E-state index is 0.738. The van der Waals surface area contributed by atoms with Gasteiger partial charge in [0.2, 0.25) is 5.16 Å². The van der Waals surface area contributed by atoms with E-state index in [9.17, 15) is 0 Å². The SMILES string of the molecule is CN(C)c1ccc(Cc2nc(SCc3ccco3)n[nH]2)cc1. The lowest BCUT2D eigenvalue weighted by Gasteiger charge is -2.12. The number of hydrogen-bond acceptors (Lipinski definition) is 5. The molecular weight excluding hydrogens is 296 g/mol. The van der Waals surface area contributed by atoms with Gasteiger partial charge in [0.25, 0.3) is 0 Å². The molecule has 0 aliphatic heterocycles. The van der Waals surface area contributed by atoms with Gasteiger partial charge in [-0.25, -0.2) is 4.98 Å². The van der Waals surface area contributed by atoms with Crippen LogP contribution in [0.4, 0.5) is 5.69 Å². The van der Waals surface area contributed by atoms with Crippen LogP contribution in [-0.4, -0.2) is 29.3 Å². The van der Waals surface area contributed by atoms with Crippen molar-refractivity contribution in [2.75, 3.05) is 19.0 Å². The maximum absolute atomic E-state index is 5.30. The number of nitrogens with one attached hydrogen (secondary N) is 1. The summed E-state index contributed by atoms with van der Waals surface area (Å²) in [6.45, 7) is 0. The van der Waals surface area contributed by atoms with E-state index in [0.29, 0.717) is 0 Å². The summed E-state index contributed by atoms with van der Waals surface area (Å²) in [6.07, 6.45) is 2.43. The molecule has 0 radical (unpaired) electrons. The van der Waals surface area contributed by atoms with Crippen molar-refractivity contribution in [2.45, 2.75) is 17.3 Å². The number of furan rings is 1. The van der Waals surface area contributed by atoms with Gasteiger partial charge in [0.1, 0.15) is 11.6 Å². The van der Waals surface area contributed by atoms with Crippen LogP contribution in [0.15, 0.2) is 52.2 Å². The Hall–Kier alpha value is -2.21. The highest BCUT2D eigenvalue weighted by Gasteiger charge is 2.06. The molecule has 22 heavy (non-hydrogen) atoms. The smallest absolute Gasteiger partial charge is 0.208 e. The fourth-order valence-corrected chi connectivity index (χ4v) is 2.78. The van der Waals surface area contributed by atoms with Crippen molar-refractivity contribution in [2.24, 2.45) is 0 Å². The molecule has 6 heteroatoms. The first-order valence-corrected chi connectivity index (χ1v) is 8.02. The highest BCUT2D eigenvalue weighted by atomic mass is 32.2. The van der Waals surface area contributed by atoms with Crippen LogP contribution in [0.5, 0.6) is 0 Å². The van der Waals surface area contributed by atoms with E-state index in [4.69, 9.17) is 4.42 Å². The third-order valence-corrected chi connectivity index (χ3v) is 4.13. The van der Waals surface area contributed by atoms with E-state index in [-0.39, 0.29) is 0 Å². The summed E-state index contributed by atoms with van der Waals surface area (Å²) in [6, 6.07) is 12.3. The van der Waals surface area contributed by atoms with Crippen molar-refractivity contribution < 1.29 is 4.42 Å². The molecule has 0 saturated heterocycles. The van der Waals surface area contributed by atoms with E-state index in [0.717, 1.165) is 28.9 Å². The zero-order valence-electron chi connectivity index (χ0n) is 12.6. The number of anilines is 1.